The van der Waals surface area contributed by atoms with E-state index in [-0.39, 0.29) is 0 Å². The molecule has 2 heteroatoms. The number of nitrogens with one attached hydrogen (secondary N) is 1. The highest BCUT2D eigenvalue weighted by atomic mass is 16.5. The highest BCUT2D eigenvalue weighted by Gasteiger charge is 2.04. The van der Waals surface area contributed by atoms with Crippen molar-refractivity contribution >= 4 is 0 Å². The standard InChI is InChI=1S/C15H21NO/c1-4-5-6-14(16-2)10-7-13-8-11-15(17-3)12-9-13/h8-9,11-12,14,16H,6-7,10H2,1-3H3. The van der Waals surface area contributed by atoms with Crippen molar-refractivity contribution in [1.82, 2.24) is 5.32 Å². The lowest BCUT2D eigenvalue weighted by molar-refractivity contribution is 0.414. The Bertz CT molecular complexity index is 372. The molecule has 0 aromatic heterocycles. The van der Waals surface area contributed by atoms with Gasteiger partial charge in [0.05, 0.1) is 7.11 Å². The third-order valence-electron chi connectivity index (χ3n) is 2.87. The summed E-state index contributed by atoms with van der Waals surface area (Å²) in [4.78, 5) is 0. The van der Waals surface area contributed by atoms with Gasteiger partial charge < -0.3 is 10.1 Å². The highest BCUT2D eigenvalue weighted by Crippen LogP contribution is 2.13. The van der Waals surface area contributed by atoms with Crippen molar-refractivity contribution in [2.24, 2.45) is 0 Å². The maximum absolute atomic E-state index is 5.14. The van der Waals surface area contributed by atoms with Gasteiger partial charge in [-0.05, 0) is 44.5 Å². The zero-order valence-corrected chi connectivity index (χ0v) is 10.9. The lowest BCUT2D eigenvalue weighted by Crippen LogP contribution is -2.25. The fourth-order valence-electron chi connectivity index (χ4n) is 1.71. The minimum absolute atomic E-state index is 0.476. The second kappa shape index (κ2) is 7.76. The van der Waals surface area contributed by atoms with E-state index in [0.717, 1.165) is 25.0 Å². The lowest BCUT2D eigenvalue weighted by Gasteiger charge is -2.13. The Morgan fingerprint density at radius 1 is 1.29 bits per heavy atom. The number of hydrogen-bond donors (Lipinski definition) is 1. The zero-order chi connectivity index (χ0) is 12.5. The van der Waals surface area contributed by atoms with Crippen LogP contribution in [0.1, 0.15) is 25.3 Å². The molecule has 17 heavy (non-hydrogen) atoms. The summed E-state index contributed by atoms with van der Waals surface area (Å²) in [5, 5.41) is 3.30. The van der Waals surface area contributed by atoms with Crippen LogP contribution in [0.2, 0.25) is 0 Å². The van der Waals surface area contributed by atoms with Crippen molar-refractivity contribution in [1.29, 1.82) is 0 Å². The average Bonchev–Trinajstić information content (AvgIpc) is 2.39. The Hall–Kier alpha value is -1.46. The summed E-state index contributed by atoms with van der Waals surface area (Å²) < 4.78 is 5.14. The first-order valence-corrected chi connectivity index (χ1v) is 6.00. The van der Waals surface area contributed by atoms with Crippen molar-refractivity contribution in [3.8, 4) is 17.6 Å². The van der Waals surface area contributed by atoms with E-state index < -0.39 is 0 Å². The molecule has 0 radical (unpaired) electrons. The Morgan fingerprint density at radius 2 is 2.00 bits per heavy atom. The first kappa shape index (κ1) is 13.6. The Balaban J connectivity index is 2.43. The third-order valence-corrected chi connectivity index (χ3v) is 2.87. The second-order valence-electron chi connectivity index (χ2n) is 4.00. The van der Waals surface area contributed by atoms with Gasteiger partial charge in [-0.2, -0.15) is 0 Å². The van der Waals surface area contributed by atoms with Crippen molar-refractivity contribution in [2.75, 3.05) is 14.2 Å². The number of benzene rings is 1. The van der Waals surface area contributed by atoms with Crippen LogP contribution in [0.25, 0.3) is 0 Å². The molecule has 0 spiro atoms. The van der Waals surface area contributed by atoms with Crippen LogP contribution in [0.5, 0.6) is 5.75 Å². The second-order valence-corrected chi connectivity index (χ2v) is 4.00. The van der Waals surface area contributed by atoms with Gasteiger partial charge in [-0.1, -0.05) is 12.1 Å². The van der Waals surface area contributed by atoms with Gasteiger partial charge in [0.25, 0.3) is 0 Å². The number of rotatable bonds is 6. The molecule has 0 aliphatic rings. The number of aryl methyl sites for hydroxylation is 1. The van der Waals surface area contributed by atoms with Gasteiger partial charge in [-0.15, -0.1) is 11.8 Å². The van der Waals surface area contributed by atoms with Crippen molar-refractivity contribution in [3.63, 3.8) is 0 Å². The van der Waals surface area contributed by atoms with Gasteiger partial charge in [-0.3, -0.25) is 0 Å². The number of hydrogen-bond acceptors (Lipinski definition) is 2. The molecule has 1 aromatic carbocycles. The fourth-order valence-corrected chi connectivity index (χ4v) is 1.71. The molecule has 0 heterocycles. The van der Waals surface area contributed by atoms with Gasteiger partial charge >= 0.3 is 0 Å². The van der Waals surface area contributed by atoms with Gasteiger partial charge in [0.2, 0.25) is 0 Å². The molecule has 0 amide bonds. The molecule has 1 rings (SSSR count). The maximum atomic E-state index is 5.14. The molecular weight excluding hydrogens is 210 g/mol. The molecule has 2 nitrogen and oxygen atoms in total. The van der Waals surface area contributed by atoms with E-state index in [0.29, 0.717) is 6.04 Å². The van der Waals surface area contributed by atoms with Crippen LogP contribution in [-0.4, -0.2) is 20.2 Å². The zero-order valence-electron chi connectivity index (χ0n) is 10.9. The molecule has 0 aliphatic carbocycles. The third kappa shape index (κ3) is 4.93. The monoisotopic (exact) mass is 231 g/mol. The average molecular weight is 231 g/mol. The van der Waals surface area contributed by atoms with E-state index in [2.05, 4.69) is 29.3 Å². The smallest absolute Gasteiger partial charge is 0.118 e. The van der Waals surface area contributed by atoms with Crippen molar-refractivity contribution < 1.29 is 4.74 Å². The summed E-state index contributed by atoms with van der Waals surface area (Å²) in [6.45, 7) is 1.89. The van der Waals surface area contributed by atoms with Crippen LogP contribution in [0.15, 0.2) is 24.3 Å². The topological polar surface area (TPSA) is 21.3 Å². The molecule has 0 saturated carbocycles. The molecule has 0 fully saturated rings. The first-order chi connectivity index (χ1) is 8.30. The molecule has 0 bridgehead atoms. The maximum Gasteiger partial charge on any atom is 0.118 e. The minimum atomic E-state index is 0.476. The van der Waals surface area contributed by atoms with Gasteiger partial charge in [0.15, 0.2) is 0 Å². The molecule has 1 unspecified atom stereocenters. The fraction of sp³-hybridized carbons (Fsp3) is 0.467. The van der Waals surface area contributed by atoms with E-state index in [1.54, 1.807) is 7.11 Å². The Kier molecular flexibility index (Phi) is 6.21. The SMILES string of the molecule is CC#CCC(CCc1ccc(OC)cc1)NC. The van der Waals surface area contributed by atoms with E-state index in [1.165, 1.54) is 5.56 Å². The van der Waals surface area contributed by atoms with Crippen molar-refractivity contribution in [2.45, 2.75) is 32.2 Å². The highest BCUT2D eigenvalue weighted by molar-refractivity contribution is 5.27. The van der Waals surface area contributed by atoms with E-state index in [4.69, 9.17) is 4.74 Å². The quantitative estimate of drug-likeness (QED) is 0.760. The summed E-state index contributed by atoms with van der Waals surface area (Å²) in [7, 11) is 3.69. The summed E-state index contributed by atoms with van der Waals surface area (Å²) >= 11 is 0. The van der Waals surface area contributed by atoms with Gasteiger partial charge in [0, 0.05) is 12.5 Å². The predicted molar refractivity (Wildman–Crippen MR) is 72.2 cm³/mol. The molecule has 1 atom stereocenters. The van der Waals surface area contributed by atoms with E-state index in [9.17, 15) is 0 Å². The molecule has 0 aliphatic heterocycles. The molecule has 92 valence electrons. The molecular formula is C15H21NO. The Labute approximate surface area is 104 Å². The van der Waals surface area contributed by atoms with Crippen LogP contribution in [0.4, 0.5) is 0 Å². The predicted octanol–water partition coefficient (Wildman–Crippen LogP) is 2.63. The summed E-state index contributed by atoms with van der Waals surface area (Å²) in [6.07, 6.45) is 3.10. The van der Waals surface area contributed by atoms with Crippen LogP contribution < -0.4 is 10.1 Å². The summed E-state index contributed by atoms with van der Waals surface area (Å²) in [6, 6.07) is 8.74. The number of methoxy groups -OCH3 is 1. The lowest BCUT2D eigenvalue weighted by atomic mass is 10.0. The van der Waals surface area contributed by atoms with Crippen LogP contribution in [0.3, 0.4) is 0 Å². The van der Waals surface area contributed by atoms with Crippen LogP contribution in [0, 0.1) is 11.8 Å². The molecule has 0 saturated heterocycles. The largest absolute Gasteiger partial charge is 0.497 e. The minimum Gasteiger partial charge on any atom is -0.497 e. The number of ether oxygens (including phenoxy) is 1. The van der Waals surface area contributed by atoms with Gasteiger partial charge in [-0.25, -0.2) is 0 Å². The van der Waals surface area contributed by atoms with Crippen LogP contribution in [-0.2, 0) is 6.42 Å². The van der Waals surface area contributed by atoms with Gasteiger partial charge in [0.1, 0.15) is 5.75 Å². The first-order valence-electron chi connectivity index (χ1n) is 6.00. The van der Waals surface area contributed by atoms with Crippen LogP contribution >= 0.6 is 0 Å². The van der Waals surface area contributed by atoms with E-state index >= 15 is 0 Å². The normalized spacial score (nSPS) is 11.5. The molecule has 1 aromatic rings. The Morgan fingerprint density at radius 3 is 2.53 bits per heavy atom. The summed E-state index contributed by atoms with van der Waals surface area (Å²) in [5.74, 6) is 6.97. The van der Waals surface area contributed by atoms with E-state index in [1.807, 2.05) is 26.1 Å². The summed E-state index contributed by atoms with van der Waals surface area (Å²) in [5.41, 5.74) is 1.34. The van der Waals surface area contributed by atoms with Crippen molar-refractivity contribution in [3.05, 3.63) is 29.8 Å². The molecule has 1 N–H and O–H groups in total.